The molecule has 0 spiro atoms. The predicted octanol–water partition coefficient (Wildman–Crippen LogP) is 2.99. The van der Waals surface area contributed by atoms with E-state index in [2.05, 4.69) is 34.5 Å². The van der Waals surface area contributed by atoms with Gasteiger partial charge in [0.25, 0.3) is 0 Å². The second kappa shape index (κ2) is 5.64. The fraction of sp³-hybridized carbons (Fsp3) is 0.562. The van der Waals surface area contributed by atoms with Gasteiger partial charge in [-0.2, -0.15) is 0 Å². The molecular weight excluding hydrogens is 236 g/mol. The van der Waals surface area contributed by atoms with E-state index >= 15 is 0 Å². The van der Waals surface area contributed by atoms with Crippen molar-refractivity contribution in [3.8, 4) is 0 Å². The number of nitrogens with one attached hydrogen (secondary N) is 1. The SMILES string of the molecule is O=C1CCCCCN1CCC1CNc2ccccc21. The molecule has 0 saturated carbocycles. The normalized spacial score (nSPS) is 22.8. The van der Waals surface area contributed by atoms with Crippen LogP contribution in [0.4, 0.5) is 5.69 Å². The number of carbonyl (C=O) groups excluding carboxylic acids is 1. The molecule has 3 rings (SSSR count). The fourth-order valence-corrected chi connectivity index (χ4v) is 3.20. The van der Waals surface area contributed by atoms with Crippen molar-refractivity contribution in [2.24, 2.45) is 0 Å². The van der Waals surface area contributed by atoms with Crippen LogP contribution in [0.25, 0.3) is 0 Å². The van der Waals surface area contributed by atoms with Crippen LogP contribution in [0.15, 0.2) is 24.3 Å². The highest BCUT2D eigenvalue weighted by Gasteiger charge is 2.23. The van der Waals surface area contributed by atoms with Crippen LogP contribution in [-0.4, -0.2) is 30.4 Å². The standard InChI is InChI=1S/C16H22N2O/c19-16-8-2-1-5-10-18(16)11-9-13-12-17-15-7-4-3-6-14(13)15/h3-4,6-7,13,17H,1-2,5,8-12H2. The Labute approximate surface area is 115 Å². The molecule has 3 heteroatoms. The second-order valence-corrected chi connectivity index (χ2v) is 5.65. The largest absolute Gasteiger partial charge is 0.384 e. The molecule has 0 bridgehead atoms. The number of fused-ring (bicyclic) bond motifs is 1. The number of anilines is 1. The van der Waals surface area contributed by atoms with E-state index in [4.69, 9.17) is 0 Å². The van der Waals surface area contributed by atoms with E-state index in [9.17, 15) is 4.79 Å². The van der Waals surface area contributed by atoms with Gasteiger partial charge in [-0.1, -0.05) is 24.6 Å². The molecule has 0 aromatic heterocycles. The Morgan fingerprint density at radius 2 is 2.11 bits per heavy atom. The van der Waals surface area contributed by atoms with Crippen LogP contribution in [-0.2, 0) is 4.79 Å². The van der Waals surface area contributed by atoms with Gasteiger partial charge in [-0.3, -0.25) is 4.79 Å². The Bertz CT molecular complexity index is 458. The number of hydrogen-bond donors (Lipinski definition) is 1. The second-order valence-electron chi connectivity index (χ2n) is 5.65. The smallest absolute Gasteiger partial charge is 0.222 e. The number of carbonyl (C=O) groups is 1. The summed E-state index contributed by atoms with van der Waals surface area (Å²) in [6.07, 6.45) is 5.28. The highest BCUT2D eigenvalue weighted by molar-refractivity contribution is 5.76. The van der Waals surface area contributed by atoms with Gasteiger partial charge in [-0.15, -0.1) is 0 Å². The summed E-state index contributed by atoms with van der Waals surface area (Å²) in [5.74, 6) is 0.920. The third kappa shape index (κ3) is 2.75. The van der Waals surface area contributed by atoms with E-state index in [-0.39, 0.29) is 0 Å². The first-order valence-corrected chi connectivity index (χ1v) is 7.45. The van der Waals surface area contributed by atoms with Gasteiger partial charge >= 0.3 is 0 Å². The average molecular weight is 258 g/mol. The van der Waals surface area contributed by atoms with E-state index in [1.165, 1.54) is 24.1 Å². The molecule has 0 radical (unpaired) electrons. The maximum Gasteiger partial charge on any atom is 0.222 e. The molecule has 1 fully saturated rings. The summed E-state index contributed by atoms with van der Waals surface area (Å²) >= 11 is 0. The predicted molar refractivity (Wildman–Crippen MR) is 77.3 cm³/mol. The van der Waals surface area contributed by atoms with Crippen LogP contribution >= 0.6 is 0 Å². The number of para-hydroxylation sites is 1. The van der Waals surface area contributed by atoms with Gasteiger partial charge in [-0.05, 0) is 30.9 Å². The Hall–Kier alpha value is -1.51. The van der Waals surface area contributed by atoms with Crippen molar-refractivity contribution >= 4 is 11.6 Å². The van der Waals surface area contributed by atoms with Crippen LogP contribution in [0.3, 0.4) is 0 Å². The molecule has 1 atom stereocenters. The van der Waals surface area contributed by atoms with Crippen LogP contribution < -0.4 is 5.32 Å². The van der Waals surface area contributed by atoms with Crippen LogP contribution in [0.2, 0.25) is 0 Å². The molecule has 19 heavy (non-hydrogen) atoms. The van der Waals surface area contributed by atoms with Crippen molar-refractivity contribution in [2.75, 3.05) is 25.0 Å². The van der Waals surface area contributed by atoms with Crippen molar-refractivity contribution in [1.29, 1.82) is 0 Å². The molecule has 1 aromatic carbocycles. The van der Waals surface area contributed by atoms with Crippen molar-refractivity contribution in [2.45, 2.75) is 38.0 Å². The highest BCUT2D eigenvalue weighted by atomic mass is 16.2. The number of nitrogens with zero attached hydrogens (tertiary/aromatic N) is 1. The third-order valence-electron chi connectivity index (χ3n) is 4.36. The van der Waals surface area contributed by atoms with E-state index in [1.54, 1.807) is 0 Å². The zero-order chi connectivity index (χ0) is 13.1. The minimum absolute atomic E-state index is 0.358. The van der Waals surface area contributed by atoms with E-state index in [1.807, 2.05) is 0 Å². The zero-order valence-corrected chi connectivity index (χ0v) is 11.4. The Balaban J connectivity index is 1.59. The van der Waals surface area contributed by atoms with E-state index in [0.717, 1.165) is 38.9 Å². The molecular formula is C16H22N2O. The summed E-state index contributed by atoms with van der Waals surface area (Å²) in [7, 11) is 0. The summed E-state index contributed by atoms with van der Waals surface area (Å²) in [5, 5.41) is 3.46. The monoisotopic (exact) mass is 258 g/mol. The zero-order valence-electron chi connectivity index (χ0n) is 11.4. The Morgan fingerprint density at radius 1 is 1.21 bits per heavy atom. The lowest BCUT2D eigenvalue weighted by atomic mass is 9.97. The maximum atomic E-state index is 12.0. The quantitative estimate of drug-likeness (QED) is 0.904. The fourth-order valence-electron chi connectivity index (χ4n) is 3.20. The summed E-state index contributed by atoms with van der Waals surface area (Å²) in [5.41, 5.74) is 2.69. The first-order valence-electron chi connectivity index (χ1n) is 7.45. The van der Waals surface area contributed by atoms with Gasteiger partial charge in [0.15, 0.2) is 0 Å². The molecule has 1 amide bonds. The van der Waals surface area contributed by atoms with Crippen LogP contribution in [0.1, 0.15) is 43.6 Å². The third-order valence-corrected chi connectivity index (χ3v) is 4.36. The lowest BCUT2D eigenvalue weighted by Crippen LogP contribution is -2.32. The number of rotatable bonds is 3. The molecule has 102 valence electrons. The molecule has 1 N–H and O–H groups in total. The van der Waals surface area contributed by atoms with Crippen molar-refractivity contribution < 1.29 is 4.79 Å². The molecule has 2 aliphatic heterocycles. The Morgan fingerprint density at radius 3 is 3.05 bits per heavy atom. The number of hydrogen-bond acceptors (Lipinski definition) is 2. The highest BCUT2D eigenvalue weighted by Crippen LogP contribution is 2.33. The summed E-state index contributed by atoms with van der Waals surface area (Å²) in [6.45, 7) is 2.89. The van der Waals surface area contributed by atoms with Gasteiger partial charge < -0.3 is 10.2 Å². The lowest BCUT2D eigenvalue weighted by molar-refractivity contribution is -0.130. The summed E-state index contributed by atoms with van der Waals surface area (Å²) in [4.78, 5) is 14.1. The minimum atomic E-state index is 0.358. The van der Waals surface area contributed by atoms with Crippen molar-refractivity contribution in [3.05, 3.63) is 29.8 Å². The van der Waals surface area contributed by atoms with E-state index < -0.39 is 0 Å². The molecule has 2 aliphatic rings. The summed E-state index contributed by atoms with van der Waals surface area (Å²) in [6, 6.07) is 8.54. The van der Waals surface area contributed by atoms with Crippen molar-refractivity contribution in [3.63, 3.8) is 0 Å². The first kappa shape index (κ1) is 12.5. The molecule has 1 saturated heterocycles. The van der Waals surface area contributed by atoms with Gasteiger partial charge in [0, 0.05) is 37.7 Å². The molecule has 3 nitrogen and oxygen atoms in total. The molecule has 2 heterocycles. The maximum absolute atomic E-state index is 12.0. The van der Waals surface area contributed by atoms with Gasteiger partial charge in [-0.25, -0.2) is 0 Å². The van der Waals surface area contributed by atoms with Gasteiger partial charge in [0.1, 0.15) is 0 Å². The van der Waals surface area contributed by atoms with Gasteiger partial charge in [0.2, 0.25) is 5.91 Å². The number of amides is 1. The number of likely N-dealkylation sites (tertiary alicyclic amines) is 1. The molecule has 0 aliphatic carbocycles. The average Bonchev–Trinajstić information content (AvgIpc) is 2.73. The van der Waals surface area contributed by atoms with Crippen molar-refractivity contribution in [1.82, 2.24) is 4.90 Å². The Kier molecular flexibility index (Phi) is 3.72. The van der Waals surface area contributed by atoms with Crippen LogP contribution in [0.5, 0.6) is 0 Å². The first-order chi connectivity index (χ1) is 9.34. The van der Waals surface area contributed by atoms with Gasteiger partial charge in [0.05, 0.1) is 0 Å². The van der Waals surface area contributed by atoms with Crippen LogP contribution in [0, 0.1) is 0 Å². The number of benzene rings is 1. The minimum Gasteiger partial charge on any atom is -0.384 e. The molecule has 1 unspecified atom stereocenters. The molecule has 1 aromatic rings. The van der Waals surface area contributed by atoms with E-state index in [0.29, 0.717) is 11.8 Å². The lowest BCUT2D eigenvalue weighted by Gasteiger charge is -2.22. The summed E-state index contributed by atoms with van der Waals surface area (Å²) < 4.78 is 0. The topological polar surface area (TPSA) is 32.3 Å².